The highest BCUT2D eigenvalue weighted by Gasteiger charge is 2.70. The molecule has 3 aromatic carbocycles. The zero-order chi connectivity index (χ0) is 40.7. The number of aryl methyl sites for hydroxylation is 1. The van der Waals surface area contributed by atoms with E-state index in [9.17, 15) is 32.7 Å². The zero-order valence-corrected chi connectivity index (χ0v) is 32.1. The van der Waals surface area contributed by atoms with Crippen LogP contribution in [0.15, 0.2) is 90.5 Å². The van der Waals surface area contributed by atoms with Gasteiger partial charge in [-0.2, -0.15) is 23.2 Å². The van der Waals surface area contributed by atoms with Crippen LogP contribution < -0.4 is 15.2 Å². The van der Waals surface area contributed by atoms with Gasteiger partial charge < -0.3 is 9.84 Å². The number of imide groups is 2. The smallest absolute Gasteiger partial charge is 0.433 e. The third-order valence-electron chi connectivity index (χ3n) is 11.7. The molecule has 8 rings (SSSR count). The van der Waals surface area contributed by atoms with Gasteiger partial charge in [0.25, 0.3) is 23.6 Å². The summed E-state index contributed by atoms with van der Waals surface area (Å²) >= 11 is 12.9. The minimum absolute atomic E-state index is 0.00506. The van der Waals surface area contributed by atoms with Crippen molar-refractivity contribution >= 4 is 58.3 Å². The minimum Gasteiger partial charge on any atom is -0.503 e. The molecule has 2 aliphatic heterocycles. The maximum atomic E-state index is 15.3. The van der Waals surface area contributed by atoms with E-state index in [1.165, 1.54) is 20.2 Å². The Hall–Kier alpha value is -5.60. The van der Waals surface area contributed by atoms with Crippen LogP contribution in [-0.2, 0) is 30.8 Å². The van der Waals surface area contributed by atoms with Crippen molar-refractivity contribution < 1.29 is 42.2 Å². The molecule has 3 heterocycles. The van der Waals surface area contributed by atoms with Crippen LogP contribution in [0.25, 0.3) is 0 Å². The van der Waals surface area contributed by atoms with Crippen molar-refractivity contribution in [3.8, 4) is 11.5 Å². The summed E-state index contributed by atoms with van der Waals surface area (Å²) in [6.45, 7) is 1.90. The first-order valence-corrected chi connectivity index (χ1v) is 18.7. The molecule has 3 fully saturated rings. The lowest BCUT2D eigenvalue weighted by Gasteiger charge is -2.50. The fourth-order valence-corrected chi connectivity index (χ4v) is 9.67. The third kappa shape index (κ3) is 5.82. The van der Waals surface area contributed by atoms with Crippen molar-refractivity contribution in [1.82, 2.24) is 15.0 Å². The number of amides is 4. The summed E-state index contributed by atoms with van der Waals surface area (Å²) in [5, 5.41) is 13.2. The molecule has 294 valence electrons. The van der Waals surface area contributed by atoms with Crippen molar-refractivity contribution in [2.24, 2.45) is 23.7 Å². The average Bonchev–Trinajstić information content (AvgIpc) is 3.57. The van der Waals surface area contributed by atoms with E-state index >= 15 is 4.79 Å². The van der Waals surface area contributed by atoms with Gasteiger partial charge in [0, 0.05) is 13.0 Å². The lowest BCUT2D eigenvalue weighted by molar-refractivity contribution is -0.142. The molecule has 4 aliphatic rings. The number of nitrogens with one attached hydrogen (secondary N) is 1. The molecule has 1 aromatic heterocycles. The molecule has 4 amide bonds. The molecule has 57 heavy (non-hydrogen) atoms. The van der Waals surface area contributed by atoms with Crippen LogP contribution in [0.1, 0.15) is 41.1 Å². The first-order valence-electron chi connectivity index (χ1n) is 18.0. The van der Waals surface area contributed by atoms with Crippen LogP contribution >= 0.6 is 23.2 Å². The molecule has 2 aliphatic carbocycles. The number of ether oxygens (including phenoxy) is 1. The first-order chi connectivity index (χ1) is 27.1. The predicted octanol–water partition coefficient (Wildman–Crippen LogP) is 7.47. The molecular formula is C41H34Cl2F3N5O6. The number of hydrogen-bond acceptors (Lipinski definition) is 9. The molecular weight excluding hydrogens is 786 g/mol. The average molecular weight is 821 g/mol. The van der Waals surface area contributed by atoms with Gasteiger partial charge in [-0.3, -0.25) is 29.6 Å². The van der Waals surface area contributed by atoms with Crippen LogP contribution in [-0.4, -0.2) is 57.9 Å². The van der Waals surface area contributed by atoms with Crippen molar-refractivity contribution in [1.29, 1.82) is 0 Å². The van der Waals surface area contributed by atoms with E-state index in [4.69, 9.17) is 27.9 Å². The molecule has 4 aromatic rings. The van der Waals surface area contributed by atoms with E-state index in [-0.39, 0.29) is 34.4 Å². The third-order valence-corrected chi connectivity index (χ3v) is 12.3. The number of carbonyl (C=O) groups is 4. The number of hydrazine groups is 2. The number of fused-ring (bicyclic) bond motifs is 4. The number of nitrogens with zero attached hydrogens (tertiary/aromatic N) is 4. The molecule has 0 bridgehead atoms. The molecule has 11 nitrogen and oxygen atoms in total. The number of halogens is 5. The normalized spacial score (nSPS) is 25.5. The maximum Gasteiger partial charge on any atom is 0.433 e. The van der Waals surface area contributed by atoms with Crippen molar-refractivity contribution in [2.45, 2.75) is 37.3 Å². The van der Waals surface area contributed by atoms with Crippen LogP contribution in [0.5, 0.6) is 11.5 Å². The van der Waals surface area contributed by atoms with Gasteiger partial charge in [0.1, 0.15) is 5.69 Å². The number of rotatable bonds is 7. The van der Waals surface area contributed by atoms with Crippen LogP contribution in [0.4, 0.5) is 24.7 Å². The summed E-state index contributed by atoms with van der Waals surface area (Å²) in [6, 6.07) is 20.7. The summed E-state index contributed by atoms with van der Waals surface area (Å²) in [5.74, 6) is -8.30. The topological polar surface area (TPSA) is 132 Å². The fourth-order valence-electron chi connectivity index (χ4n) is 9.23. The molecule has 6 unspecified atom stereocenters. The van der Waals surface area contributed by atoms with Crippen molar-refractivity contribution in [2.75, 3.05) is 24.6 Å². The summed E-state index contributed by atoms with van der Waals surface area (Å²) in [6.07, 6.45) is -3.04. The second-order valence-electron chi connectivity index (χ2n) is 14.7. The predicted molar refractivity (Wildman–Crippen MR) is 203 cm³/mol. The van der Waals surface area contributed by atoms with Gasteiger partial charge in [-0.15, -0.1) is 0 Å². The number of aromatic hydroxyl groups is 1. The van der Waals surface area contributed by atoms with E-state index in [1.807, 2.05) is 25.1 Å². The standard InChI is InChI=1S/C41H34Cl2F3N5O6/c1-20-9-11-23(12-10-20)48-50-37(54)27-19-26-24(33(21-17-29(43)34(52)30(18-21)57-3)40(27,39(50)56)22-7-5-4-6-8-22)13-14-25-32(26)38(55)51(36(25)53)49(2)35-28(42)15-16-31(47-35)41(44,45)46/h4-13,15-18,25-27,32-33,48,52H,14,19H2,1-3H3. The highest BCUT2D eigenvalue weighted by Crippen LogP contribution is 2.64. The fraction of sp³-hybridized carbons (Fsp3) is 0.293. The number of anilines is 2. The molecule has 0 radical (unpaired) electrons. The van der Waals surface area contributed by atoms with Gasteiger partial charge in [-0.25, -0.2) is 4.98 Å². The van der Waals surface area contributed by atoms with Crippen molar-refractivity contribution in [3.63, 3.8) is 0 Å². The van der Waals surface area contributed by atoms with Gasteiger partial charge >= 0.3 is 6.18 Å². The quantitative estimate of drug-likeness (QED) is 0.144. The summed E-state index contributed by atoms with van der Waals surface area (Å²) in [4.78, 5) is 62.8. The number of benzene rings is 3. The Labute approximate surface area is 334 Å². The second kappa shape index (κ2) is 13.8. The van der Waals surface area contributed by atoms with E-state index in [0.717, 1.165) is 26.7 Å². The van der Waals surface area contributed by atoms with Gasteiger partial charge in [0.05, 0.1) is 46.0 Å². The SMILES string of the molecule is COc1cc(C2C3=CCC4C(=O)N(N(C)c5nc(C(F)(F)F)ccc5Cl)C(=O)C4C3CC3C(=O)N(Nc4ccc(C)cc4)C(=O)C32c2ccccc2)cc(Cl)c1O. The number of aromatic nitrogens is 1. The number of phenolic OH excluding ortho intramolecular Hbond substituents is 1. The molecule has 16 heteroatoms. The van der Waals surface area contributed by atoms with E-state index in [2.05, 4.69) is 10.4 Å². The number of hydrogen-bond donors (Lipinski definition) is 2. The Morgan fingerprint density at radius 2 is 1.63 bits per heavy atom. The highest BCUT2D eigenvalue weighted by atomic mass is 35.5. The van der Waals surface area contributed by atoms with E-state index in [0.29, 0.717) is 28.5 Å². The highest BCUT2D eigenvalue weighted by molar-refractivity contribution is 6.33. The Morgan fingerprint density at radius 1 is 0.930 bits per heavy atom. The molecule has 6 atom stereocenters. The summed E-state index contributed by atoms with van der Waals surface area (Å²) in [7, 11) is 2.58. The number of pyridine rings is 1. The number of alkyl halides is 3. The molecule has 1 saturated carbocycles. The second-order valence-corrected chi connectivity index (χ2v) is 15.5. The monoisotopic (exact) mass is 819 g/mol. The molecule has 2 N–H and O–H groups in total. The molecule has 2 saturated heterocycles. The number of carbonyl (C=O) groups excluding carboxylic acids is 4. The van der Waals surface area contributed by atoms with Crippen molar-refractivity contribution in [3.05, 3.63) is 123 Å². The van der Waals surface area contributed by atoms with Gasteiger partial charge in [-0.05, 0) is 73.2 Å². The number of allylic oxidation sites excluding steroid dienone is 2. The van der Waals surface area contributed by atoms with E-state index < -0.39 is 76.3 Å². The Bertz CT molecular complexity index is 2380. The number of methoxy groups -OCH3 is 1. The van der Waals surface area contributed by atoms with Gasteiger partial charge in [-0.1, -0.05) is 82.9 Å². The Morgan fingerprint density at radius 3 is 2.30 bits per heavy atom. The van der Waals surface area contributed by atoms with Crippen LogP contribution in [0, 0.1) is 30.6 Å². The lowest BCUT2D eigenvalue weighted by atomic mass is 9.49. The summed E-state index contributed by atoms with van der Waals surface area (Å²) in [5.41, 5.74) is 3.06. The lowest BCUT2D eigenvalue weighted by Crippen LogP contribution is -2.53. The summed E-state index contributed by atoms with van der Waals surface area (Å²) < 4.78 is 46.6. The minimum atomic E-state index is -4.83. The zero-order valence-electron chi connectivity index (χ0n) is 30.6. The first kappa shape index (κ1) is 38.3. The Balaban J connectivity index is 1.29. The Kier molecular flexibility index (Phi) is 9.27. The largest absolute Gasteiger partial charge is 0.503 e. The van der Waals surface area contributed by atoms with Crippen LogP contribution in [0.2, 0.25) is 10.0 Å². The maximum absolute atomic E-state index is 15.3. The van der Waals surface area contributed by atoms with Gasteiger partial charge in [0.15, 0.2) is 17.3 Å². The molecule has 0 spiro atoms. The number of phenols is 1. The van der Waals surface area contributed by atoms with E-state index in [1.54, 1.807) is 48.5 Å². The van der Waals surface area contributed by atoms with Crippen LogP contribution in [0.3, 0.4) is 0 Å². The van der Waals surface area contributed by atoms with Gasteiger partial charge in [0.2, 0.25) is 0 Å².